The number of carbonyl (C=O) groups is 1. The van der Waals surface area contributed by atoms with Crippen LogP contribution in [0.1, 0.15) is 42.3 Å². The van der Waals surface area contributed by atoms with E-state index in [1.54, 1.807) is 0 Å². The van der Waals surface area contributed by atoms with Gasteiger partial charge in [-0.05, 0) is 33.4 Å². The minimum atomic E-state index is -0.790. The van der Waals surface area contributed by atoms with Gasteiger partial charge in [-0.2, -0.15) is 0 Å². The second-order valence-corrected chi connectivity index (χ2v) is 12.4. The van der Waals surface area contributed by atoms with Gasteiger partial charge in [-0.3, -0.25) is 4.79 Å². The van der Waals surface area contributed by atoms with Crippen LogP contribution in [0.3, 0.4) is 0 Å². The van der Waals surface area contributed by atoms with Gasteiger partial charge in [0.25, 0.3) is 0 Å². The summed E-state index contributed by atoms with van der Waals surface area (Å²) in [5.74, 6) is 1.01. The monoisotopic (exact) mass is 542 g/mol. The highest BCUT2D eigenvalue weighted by Crippen LogP contribution is 2.55. The predicted molar refractivity (Wildman–Crippen MR) is 171 cm³/mol. The number of hydrogen-bond acceptors (Lipinski definition) is 2. The van der Waals surface area contributed by atoms with Gasteiger partial charge in [0.1, 0.15) is 11.4 Å². The highest BCUT2D eigenvalue weighted by Gasteiger charge is 2.49. The fraction of sp³-hybridized carbons (Fsp3) is 0.128. The number of hydrogen-bond donors (Lipinski definition) is 0. The van der Waals surface area contributed by atoms with Crippen molar-refractivity contribution >= 4 is 16.6 Å². The molecule has 1 aromatic heterocycles. The smallest absolute Gasteiger partial charge is 0.189 e. The molecule has 202 valence electrons. The summed E-state index contributed by atoms with van der Waals surface area (Å²) in [7, 11) is 0. The third-order valence-electron chi connectivity index (χ3n) is 8.87. The van der Waals surface area contributed by atoms with Crippen molar-refractivity contribution in [3.8, 4) is 33.9 Å². The summed E-state index contributed by atoms with van der Waals surface area (Å²) >= 11 is 0. The maximum Gasteiger partial charge on any atom is 0.189 e. The Morgan fingerprint density at radius 2 is 1.24 bits per heavy atom. The molecule has 2 aliphatic rings. The Kier molecular flexibility index (Phi) is 5.15. The molecule has 42 heavy (non-hydrogen) atoms. The van der Waals surface area contributed by atoms with E-state index in [4.69, 9.17) is 4.98 Å². The number of rotatable bonds is 2. The summed E-state index contributed by atoms with van der Waals surface area (Å²) in [6.07, 6.45) is 2.26. The molecule has 0 saturated heterocycles. The van der Waals surface area contributed by atoms with E-state index < -0.39 is 5.54 Å². The molecular weight excluding hydrogens is 512 g/mol. The largest absolute Gasteiger partial charge is 0.305 e. The summed E-state index contributed by atoms with van der Waals surface area (Å²) in [4.78, 5) is 19.7. The molecule has 0 amide bonds. The second kappa shape index (κ2) is 8.74. The first-order valence-corrected chi connectivity index (χ1v) is 14.5. The molecule has 5 aromatic carbocycles. The number of Topliss-reactive ketones (excluding diaryl/α,β-unsaturated/α-hetero) is 1. The standard InChI is InChI=1S/C39H30N2O/c1-38(2,3)32-24-39(30-22-11-10-20-28(30)36(32)42)31-23-13-19-25-18-12-21-29(33(25)31)37-40-34(26-14-6-4-7-15-26)35(41(37)39)27-16-8-5-9-17-27/h4-24H,1-3H3. The molecule has 1 atom stereocenters. The van der Waals surface area contributed by atoms with E-state index in [9.17, 15) is 4.79 Å². The molecular formula is C39H30N2O. The zero-order valence-electron chi connectivity index (χ0n) is 23.9. The van der Waals surface area contributed by atoms with Crippen LogP contribution in [-0.4, -0.2) is 15.3 Å². The molecule has 6 aromatic rings. The molecule has 8 rings (SSSR count). The van der Waals surface area contributed by atoms with Crippen molar-refractivity contribution in [2.75, 3.05) is 0 Å². The molecule has 0 radical (unpaired) electrons. The van der Waals surface area contributed by atoms with Gasteiger partial charge >= 0.3 is 0 Å². The topological polar surface area (TPSA) is 34.9 Å². The molecule has 3 nitrogen and oxygen atoms in total. The Bertz CT molecular complexity index is 2070. The van der Waals surface area contributed by atoms with Gasteiger partial charge in [0.05, 0.1) is 11.4 Å². The van der Waals surface area contributed by atoms with Crippen molar-refractivity contribution in [3.05, 3.63) is 150 Å². The van der Waals surface area contributed by atoms with Crippen LogP contribution in [0.25, 0.3) is 44.7 Å². The molecule has 0 fully saturated rings. The first-order valence-electron chi connectivity index (χ1n) is 14.5. The maximum atomic E-state index is 14.2. The van der Waals surface area contributed by atoms with Crippen molar-refractivity contribution in [3.63, 3.8) is 0 Å². The number of nitrogens with zero attached hydrogens (tertiary/aromatic N) is 2. The van der Waals surface area contributed by atoms with Crippen molar-refractivity contribution in [1.29, 1.82) is 0 Å². The molecule has 2 heterocycles. The van der Waals surface area contributed by atoms with Crippen LogP contribution in [0.2, 0.25) is 0 Å². The third kappa shape index (κ3) is 3.28. The lowest BCUT2D eigenvalue weighted by Crippen LogP contribution is -2.43. The van der Waals surface area contributed by atoms with Gasteiger partial charge in [-0.25, -0.2) is 4.98 Å². The Labute approximate surface area is 245 Å². The molecule has 0 bridgehead atoms. The first-order chi connectivity index (χ1) is 20.4. The normalized spacial score (nSPS) is 17.2. The van der Waals surface area contributed by atoms with Crippen molar-refractivity contribution < 1.29 is 4.79 Å². The SMILES string of the molecule is CC(C)(C)C1=CC2(c3ccccc3C1=O)c1cccc3cccc(c13)-c1nc(-c3ccccc3)c(-c3ccccc3)n12. The number of aromatic nitrogens is 2. The number of benzene rings is 5. The van der Waals surface area contributed by atoms with Crippen LogP contribution in [0.4, 0.5) is 0 Å². The summed E-state index contributed by atoms with van der Waals surface area (Å²) < 4.78 is 2.43. The number of carbonyl (C=O) groups excluding carboxylic acids is 1. The minimum Gasteiger partial charge on any atom is -0.305 e. The summed E-state index contributed by atoms with van der Waals surface area (Å²) in [6, 6.07) is 42.2. The average Bonchev–Trinajstić information content (AvgIpc) is 3.43. The zero-order valence-corrected chi connectivity index (χ0v) is 23.9. The highest BCUT2D eigenvalue weighted by atomic mass is 16.1. The van der Waals surface area contributed by atoms with Gasteiger partial charge in [0.2, 0.25) is 0 Å². The van der Waals surface area contributed by atoms with Crippen molar-refractivity contribution in [2.24, 2.45) is 5.41 Å². The van der Waals surface area contributed by atoms with E-state index in [0.29, 0.717) is 0 Å². The molecule has 1 unspecified atom stereocenters. The van der Waals surface area contributed by atoms with Crippen LogP contribution in [0.15, 0.2) is 133 Å². The summed E-state index contributed by atoms with van der Waals surface area (Å²) in [6.45, 7) is 6.41. The van der Waals surface area contributed by atoms with E-state index in [0.717, 1.165) is 50.6 Å². The molecule has 3 heteroatoms. The van der Waals surface area contributed by atoms with E-state index in [1.807, 2.05) is 18.2 Å². The molecule has 1 aliphatic heterocycles. The van der Waals surface area contributed by atoms with Gasteiger partial charge in [-0.1, -0.05) is 142 Å². The fourth-order valence-corrected chi connectivity index (χ4v) is 7.04. The molecule has 1 aliphatic carbocycles. The maximum absolute atomic E-state index is 14.2. The number of allylic oxidation sites excluding steroid dienone is 2. The Morgan fingerprint density at radius 3 is 1.95 bits per heavy atom. The third-order valence-corrected chi connectivity index (χ3v) is 8.87. The van der Waals surface area contributed by atoms with Crippen LogP contribution >= 0.6 is 0 Å². The Balaban J connectivity index is 1.65. The van der Waals surface area contributed by atoms with Crippen LogP contribution in [0.5, 0.6) is 0 Å². The lowest BCUT2D eigenvalue weighted by molar-refractivity contribution is 0.100. The summed E-state index contributed by atoms with van der Waals surface area (Å²) in [5, 5.41) is 2.35. The quantitative estimate of drug-likeness (QED) is 0.218. The van der Waals surface area contributed by atoms with Crippen molar-refractivity contribution in [2.45, 2.75) is 26.3 Å². The Hall–Kier alpha value is -5.02. The lowest BCUT2D eigenvalue weighted by atomic mass is 9.66. The van der Waals surface area contributed by atoms with Crippen LogP contribution in [0, 0.1) is 5.41 Å². The van der Waals surface area contributed by atoms with E-state index >= 15 is 0 Å². The lowest BCUT2D eigenvalue weighted by Gasteiger charge is -2.45. The Morgan fingerprint density at radius 1 is 0.643 bits per heavy atom. The molecule has 1 spiro atoms. The zero-order chi connectivity index (χ0) is 28.6. The van der Waals surface area contributed by atoms with E-state index in [1.165, 1.54) is 16.3 Å². The average molecular weight is 543 g/mol. The molecule has 0 N–H and O–H groups in total. The van der Waals surface area contributed by atoms with Crippen molar-refractivity contribution in [1.82, 2.24) is 9.55 Å². The van der Waals surface area contributed by atoms with Crippen LogP contribution < -0.4 is 0 Å². The first kappa shape index (κ1) is 24.8. The van der Waals surface area contributed by atoms with Crippen LogP contribution in [-0.2, 0) is 5.54 Å². The minimum absolute atomic E-state index is 0.0981. The van der Waals surface area contributed by atoms with Gasteiger partial charge < -0.3 is 4.57 Å². The van der Waals surface area contributed by atoms with Gasteiger partial charge in [-0.15, -0.1) is 0 Å². The number of imidazole rings is 1. The summed E-state index contributed by atoms with van der Waals surface area (Å²) in [5.41, 5.74) is 7.79. The second-order valence-electron chi connectivity index (χ2n) is 12.4. The van der Waals surface area contributed by atoms with Gasteiger partial charge in [0, 0.05) is 27.8 Å². The fourth-order valence-electron chi connectivity index (χ4n) is 7.04. The van der Waals surface area contributed by atoms with E-state index in [-0.39, 0.29) is 11.2 Å². The van der Waals surface area contributed by atoms with E-state index in [2.05, 4.69) is 135 Å². The predicted octanol–water partition coefficient (Wildman–Crippen LogP) is 9.31. The number of fused-ring (bicyclic) bond motifs is 6. The number of ketones is 1. The highest BCUT2D eigenvalue weighted by molar-refractivity contribution is 6.13. The van der Waals surface area contributed by atoms with Gasteiger partial charge in [0.15, 0.2) is 5.78 Å². The molecule has 0 saturated carbocycles.